The molecular formula is C46H47NO4S. The van der Waals surface area contributed by atoms with Crippen molar-refractivity contribution in [3.05, 3.63) is 203 Å². The number of thioether (sulfide) groups is 1. The molecule has 1 aliphatic rings. The van der Waals surface area contributed by atoms with Crippen molar-refractivity contribution >= 4 is 11.8 Å². The van der Waals surface area contributed by atoms with Crippen LogP contribution in [0.5, 0.6) is 0 Å². The highest BCUT2D eigenvalue weighted by Gasteiger charge is 2.48. The van der Waals surface area contributed by atoms with Crippen LogP contribution < -0.4 is 0 Å². The lowest BCUT2D eigenvalue weighted by Gasteiger charge is -2.46. The van der Waals surface area contributed by atoms with E-state index >= 15 is 0 Å². The molecule has 6 heteroatoms. The Kier molecular flexibility index (Phi) is 12.7. The van der Waals surface area contributed by atoms with Crippen molar-refractivity contribution in [2.24, 2.45) is 7.05 Å². The van der Waals surface area contributed by atoms with Crippen LogP contribution in [0.15, 0.2) is 164 Å². The molecule has 6 aromatic rings. The Morgan fingerprint density at radius 3 is 1.54 bits per heavy atom. The minimum absolute atomic E-state index is 0.0219. The van der Waals surface area contributed by atoms with E-state index < -0.39 is 0 Å². The molecule has 0 unspecified atom stereocenters. The molecule has 0 radical (unpaired) electrons. The van der Waals surface area contributed by atoms with Crippen molar-refractivity contribution < 1.29 is 18.9 Å². The van der Waals surface area contributed by atoms with Crippen LogP contribution in [0.1, 0.15) is 44.3 Å². The van der Waals surface area contributed by atoms with Crippen LogP contribution in [-0.2, 0) is 58.8 Å². The van der Waals surface area contributed by atoms with Gasteiger partial charge in [-0.2, -0.15) is 0 Å². The molecule has 1 fully saturated rings. The monoisotopic (exact) mass is 709 g/mol. The second-order valence-electron chi connectivity index (χ2n) is 13.4. The summed E-state index contributed by atoms with van der Waals surface area (Å²) in [5, 5.41) is -0.0500. The number of rotatable bonds is 16. The minimum Gasteiger partial charge on any atom is -0.376 e. The molecule has 0 N–H and O–H groups in total. The Balaban J connectivity index is 1.24. The predicted molar refractivity (Wildman–Crippen MR) is 210 cm³/mol. The molecule has 1 saturated heterocycles. The van der Waals surface area contributed by atoms with Gasteiger partial charge in [0.2, 0.25) is 0 Å². The van der Waals surface area contributed by atoms with Gasteiger partial charge in [-0.1, -0.05) is 146 Å². The first-order valence-electron chi connectivity index (χ1n) is 18.1. The van der Waals surface area contributed by atoms with Crippen molar-refractivity contribution in [2.45, 2.75) is 61.7 Å². The van der Waals surface area contributed by atoms with E-state index in [1.807, 2.05) is 36.0 Å². The molecule has 0 saturated carbocycles. The molecule has 0 bridgehead atoms. The summed E-state index contributed by atoms with van der Waals surface area (Å²) in [5.74, 6) is 0. The first-order valence-corrected chi connectivity index (χ1v) is 19.1. The Labute approximate surface area is 312 Å². The molecule has 1 aliphatic heterocycles. The second kappa shape index (κ2) is 18.4. The Hall–Kier alpha value is -4.43. The molecule has 0 spiro atoms. The third kappa shape index (κ3) is 9.71. The number of hydrogen-bond acceptors (Lipinski definition) is 5. The summed E-state index contributed by atoms with van der Waals surface area (Å²) < 4.78 is 29.7. The van der Waals surface area contributed by atoms with Crippen LogP contribution in [0.4, 0.5) is 0 Å². The minimum atomic E-state index is -0.374. The largest absolute Gasteiger partial charge is 0.376 e. The maximum atomic E-state index is 7.04. The smallest absolute Gasteiger partial charge is 0.113 e. The molecule has 266 valence electrons. The first kappa shape index (κ1) is 36.0. The van der Waals surface area contributed by atoms with Gasteiger partial charge in [-0.15, -0.1) is 11.8 Å². The lowest BCUT2D eigenvalue weighted by molar-refractivity contribution is -0.160. The molecule has 5 atom stereocenters. The third-order valence-corrected chi connectivity index (χ3v) is 11.2. The van der Waals surface area contributed by atoms with Gasteiger partial charge in [0.05, 0.1) is 43.5 Å². The van der Waals surface area contributed by atoms with Crippen LogP contribution in [0.3, 0.4) is 0 Å². The number of aromatic nitrogens is 1. The molecule has 0 aliphatic carbocycles. The first-order chi connectivity index (χ1) is 25.7. The van der Waals surface area contributed by atoms with Gasteiger partial charge in [0.15, 0.2) is 0 Å². The second-order valence-corrected chi connectivity index (χ2v) is 14.8. The zero-order valence-electron chi connectivity index (χ0n) is 29.7. The molecule has 2 heterocycles. The summed E-state index contributed by atoms with van der Waals surface area (Å²) in [6.45, 7) is 2.43. The van der Waals surface area contributed by atoms with E-state index in [9.17, 15) is 0 Å². The molecule has 52 heavy (non-hydrogen) atoms. The lowest BCUT2D eigenvalue weighted by atomic mass is 9.94. The number of benzene rings is 5. The Morgan fingerprint density at radius 1 is 0.500 bits per heavy atom. The highest BCUT2D eigenvalue weighted by Crippen LogP contribution is 2.47. The zero-order chi connectivity index (χ0) is 35.4. The molecule has 7 rings (SSSR count). The number of aryl methyl sites for hydroxylation is 1. The quantitative estimate of drug-likeness (QED) is 0.100. The van der Waals surface area contributed by atoms with Gasteiger partial charge in [-0.3, -0.25) is 0 Å². The molecule has 5 aromatic carbocycles. The molecule has 1 aromatic heterocycles. The fourth-order valence-electron chi connectivity index (χ4n) is 6.83. The summed E-state index contributed by atoms with van der Waals surface area (Å²) in [7, 11) is 2.11. The summed E-state index contributed by atoms with van der Waals surface area (Å²) in [6.07, 6.45) is 1.98. The van der Waals surface area contributed by atoms with Gasteiger partial charge in [0.25, 0.3) is 0 Å². The lowest BCUT2D eigenvalue weighted by Crippen LogP contribution is -2.54. The summed E-state index contributed by atoms with van der Waals surface area (Å²) in [4.78, 5) is 0. The average Bonchev–Trinajstić information content (AvgIpc) is 3.60. The van der Waals surface area contributed by atoms with Crippen molar-refractivity contribution in [3.63, 3.8) is 0 Å². The summed E-state index contributed by atoms with van der Waals surface area (Å²) >= 11 is 1.89. The SMILES string of the molecule is Cn1cccc1Cc1cccc([C@@H]2S[C@H](COCc3ccccc3)[C@@H](OCc3ccccc3)[C@H](OCc3ccccc3)[C@H]2OCc2ccccc2)c1. The molecule has 5 nitrogen and oxygen atoms in total. The average molecular weight is 710 g/mol. The van der Waals surface area contributed by atoms with Crippen molar-refractivity contribution in [3.8, 4) is 0 Å². The highest BCUT2D eigenvalue weighted by molar-refractivity contribution is 8.00. The van der Waals surface area contributed by atoms with Gasteiger partial charge < -0.3 is 23.5 Å². The van der Waals surface area contributed by atoms with E-state index in [2.05, 4.69) is 151 Å². The highest BCUT2D eigenvalue weighted by atomic mass is 32.2. The van der Waals surface area contributed by atoms with E-state index in [1.54, 1.807) is 0 Å². The number of ether oxygens (including phenoxy) is 4. The van der Waals surface area contributed by atoms with Crippen molar-refractivity contribution in [1.82, 2.24) is 4.57 Å². The van der Waals surface area contributed by atoms with E-state index in [-0.39, 0.29) is 28.8 Å². The number of nitrogens with zero attached hydrogens (tertiary/aromatic N) is 1. The van der Waals surface area contributed by atoms with Crippen molar-refractivity contribution in [2.75, 3.05) is 6.61 Å². The maximum absolute atomic E-state index is 7.04. The topological polar surface area (TPSA) is 41.9 Å². The van der Waals surface area contributed by atoms with Crippen molar-refractivity contribution in [1.29, 1.82) is 0 Å². The Morgan fingerprint density at radius 2 is 1.00 bits per heavy atom. The van der Waals surface area contributed by atoms with Gasteiger partial charge >= 0.3 is 0 Å². The maximum Gasteiger partial charge on any atom is 0.113 e. The summed E-state index contributed by atoms with van der Waals surface area (Å²) in [5.41, 5.74) is 8.27. The summed E-state index contributed by atoms with van der Waals surface area (Å²) in [6, 6.07) is 54.8. The van der Waals surface area contributed by atoms with E-state index in [1.165, 1.54) is 16.8 Å². The van der Waals surface area contributed by atoms with E-state index in [0.29, 0.717) is 33.0 Å². The molecular weight excluding hydrogens is 663 g/mol. The van der Waals surface area contributed by atoms with Gasteiger partial charge in [0, 0.05) is 25.4 Å². The van der Waals surface area contributed by atoms with Crippen LogP contribution in [-0.4, -0.2) is 34.7 Å². The van der Waals surface area contributed by atoms with Crippen LogP contribution in [0.2, 0.25) is 0 Å². The molecule has 0 amide bonds. The van der Waals surface area contributed by atoms with Gasteiger partial charge in [-0.25, -0.2) is 0 Å². The van der Waals surface area contributed by atoms with Crippen LogP contribution in [0.25, 0.3) is 0 Å². The zero-order valence-corrected chi connectivity index (χ0v) is 30.5. The van der Waals surface area contributed by atoms with Gasteiger partial charge in [-0.05, 0) is 45.5 Å². The van der Waals surface area contributed by atoms with E-state index in [4.69, 9.17) is 18.9 Å². The van der Waals surface area contributed by atoms with Crippen LogP contribution >= 0.6 is 11.8 Å². The fourth-order valence-corrected chi connectivity index (χ4v) is 8.46. The predicted octanol–water partition coefficient (Wildman–Crippen LogP) is 9.75. The van der Waals surface area contributed by atoms with E-state index in [0.717, 1.165) is 28.7 Å². The Bertz CT molecular complexity index is 1920. The standard InChI is InChI=1S/C46H47NO4S/c1-47-27-15-26-41(47)29-39-24-14-25-40(28-39)46-45(51-33-38-22-12-5-13-23-38)44(50-32-37-20-10-4-11-21-37)43(49-31-36-18-8-3-9-19-36)42(52-46)34-48-30-35-16-6-2-7-17-35/h2-28,42-46H,29-34H2,1H3/t42-,43-,44+,45-,46+/m1/s1. The third-order valence-electron chi connectivity index (χ3n) is 9.60. The van der Waals surface area contributed by atoms with Gasteiger partial charge in [0.1, 0.15) is 18.3 Å². The fraction of sp³-hybridized carbons (Fsp3) is 0.261. The normalized spacial score (nSPS) is 20.1. The van der Waals surface area contributed by atoms with Crippen LogP contribution in [0, 0.1) is 0 Å². The number of hydrogen-bond donors (Lipinski definition) is 0.